The van der Waals surface area contributed by atoms with Gasteiger partial charge in [0.1, 0.15) is 10.1 Å². The molecule has 1 amide bonds. The monoisotopic (exact) mass is 406 g/mol. The number of benzene rings is 1. The van der Waals surface area contributed by atoms with Gasteiger partial charge < -0.3 is 14.3 Å². The number of nitro groups is 1. The molecular formula is C17H14N2O6S2. The lowest BCUT2D eigenvalue weighted by atomic mass is 10.1. The molecule has 140 valence electrons. The van der Waals surface area contributed by atoms with Crippen LogP contribution < -0.4 is 4.74 Å². The number of furan rings is 1. The Hall–Kier alpha value is -2.85. The molecule has 0 unspecified atom stereocenters. The number of aromatic hydroxyl groups is 1. The Bertz CT molecular complexity index is 939. The molecule has 1 aromatic heterocycles. The highest BCUT2D eigenvalue weighted by Crippen LogP contribution is 2.39. The number of thiocarbonyl (C=S) groups is 1. The molecule has 1 N–H and O–H groups in total. The van der Waals surface area contributed by atoms with Crippen molar-refractivity contribution in [1.29, 1.82) is 0 Å². The molecule has 1 aliphatic rings. The van der Waals surface area contributed by atoms with Crippen LogP contribution in [0.3, 0.4) is 0 Å². The Kier molecular flexibility index (Phi) is 5.47. The second-order valence-electron chi connectivity index (χ2n) is 5.42. The second-order valence-corrected chi connectivity index (χ2v) is 7.09. The molecule has 0 atom stereocenters. The number of phenols is 1. The predicted molar refractivity (Wildman–Crippen MR) is 103 cm³/mol. The van der Waals surface area contributed by atoms with Crippen LogP contribution in [0.1, 0.15) is 18.2 Å². The van der Waals surface area contributed by atoms with E-state index in [0.717, 1.165) is 17.8 Å². The van der Waals surface area contributed by atoms with Gasteiger partial charge in [0.2, 0.25) is 0 Å². The maximum absolute atomic E-state index is 12.6. The summed E-state index contributed by atoms with van der Waals surface area (Å²) in [7, 11) is 0. The molecule has 1 saturated heterocycles. The van der Waals surface area contributed by atoms with Crippen LogP contribution in [-0.2, 0) is 11.3 Å². The molecule has 2 heterocycles. The van der Waals surface area contributed by atoms with Crippen molar-refractivity contribution in [2.45, 2.75) is 13.5 Å². The van der Waals surface area contributed by atoms with E-state index in [2.05, 4.69) is 0 Å². The fourth-order valence-electron chi connectivity index (χ4n) is 2.43. The lowest BCUT2D eigenvalue weighted by Gasteiger charge is -2.12. The minimum atomic E-state index is -0.596. The topological polar surface area (TPSA) is 106 Å². The van der Waals surface area contributed by atoms with Gasteiger partial charge in [-0.3, -0.25) is 19.8 Å². The van der Waals surface area contributed by atoms with Gasteiger partial charge >= 0.3 is 0 Å². The summed E-state index contributed by atoms with van der Waals surface area (Å²) in [6.45, 7) is 2.09. The van der Waals surface area contributed by atoms with E-state index in [-0.39, 0.29) is 46.7 Å². The van der Waals surface area contributed by atoms with Crippen LogP contribution in [0.15, 0.2) is 39.9 Å². The van der Waals surface area contributed by atoms with E-state index in [1.54, 1.807) is 19.1 Å². The van der Waals surface area contributed by atoms with E-state index in [1.165, 1.54) is 23.3 Å². The van der Waals surface area contributed by atoms with Crippen LogP contribution in [0.5, 0.6) is 11.5 Å². The molecule has 0 aliphatic carbocycles. The molecule has 0 saturated carbocycles. The van der Waals surface area contributed by atoms with Crippen LogP contribution in [-0.4, -0.2) is 31.8 Å². The van der Waals surface area contributed by atoms with Crippen molar-refractivity contribution >= 4 is 46.0 Å². The predicted octanol–water partition coefficient (Wildman–Crippen LogP) is 3.69. The van der Waals surface area contributed by atoms with E-state index in [1.807, 2.05) is 0 Å². The largest absolute Gasteiger partial charge is 0.504 e. The van der Waals surface area contributed by atoms with Gasteiger partial charge in [0.05, 0.1) is 35.3 Å². The first-order valence-electron chi connectivity index (χ1n) is 7.82. The van der Waals surface area contributed by atoms with Gasteiger partial charge in [0, 0.05) is 11.6 Å². The fourth-order valence-corrected chi connectivity index (χ4v) is 3.68. The number of nitrogens with zero attached hydrogens (tertiary/aromatic N) is 2. The number of thioether (sulfide) groups is 1. The van der Waals surface area contributed by atoms with Crippen molar-refractivity contribution in [3.63, 3.8) is 0 Å². The van der Waals surface area contributed by atoms with Crippen molar-refractivity contribution in [3.05, 3.63) is 56.9 Å². The Morgan fingerprint density at radius 3 is 2.89 bits per heavy atom. The molecule has 0 radical (unpaired) electrons. The summed E-state index contributed by atoms with van der Waals surface area (Å²) in [6, 6.07) is 5.75. The fraction of sp³-hybridized carbons (Fsp3) is 0.176. The molecule has 0 spiro atoms. The highest BCUT2D eigenvalue weighted by Gasteiger charge is 2.33. The number of ether oxygens (including phenoxy) is 1. The number of phenolic OH excluding ortho intramolecular Hbond substituents is 1. The number of carbonyl (C=O) groups is 1. The van der Waals surface area contributed by atoms with Crippen LogP contribution >= 0.6 is 24.0 Å². The molecule has 3 rings (SSSR count). The van der Waals surface area contributed by atoms with Gasteiger partial charge in [-0.2, -0.15) is 0 Å². The molecule has 27 heavy (non-hydrogen) atoms. The summed E-state index contributed by atoms with van der Waals surface area (Å²) in [6.07, 6.45) is 2.87. The second kappa shape index (κ2) is 7.80. The number of hydrogen-bond donors (Lipinski definition) is 1. The van der Waals surface area contributed by atoms with Crippen molar-refractivity contribution in [2.24, 2.45) is 0 Å². The Balaban J connectivity index is 1.95. The van der Waals surface area contributed by atoms with Crippen LogP contribution in [0.2, 0.25) is 0 Å². The van der Waals surface area contributed by atoms with Crippen molar-refractivity contribution in [1.82, 2.24) is 4.90 Å². The third-order valence-corrected chi connectivity index (χ3v) is 5.03. The summed E-state index contributed by atoms with van der Waals surface area (Å²) < 4.78 is 10.8. The Morgan fingerprint density at radius 1 is 1.48 bits per heavy atom. The summed E-state index contributed by atoms with van der Waals surface area (Å²) >= 11 is 6.29. The quantitative estimate of drug-likeness (QED) is 0.335. The lowest BCUT2D eigenvalue weighted by Crippen LogP contribution is -2.27. The van der Waals surface area contributed by atoms with E-state index >= 15 is 0 Å². The van der Waals surface area contributed by atoms with E-state index in [9.17, 15) is 20.0 Å². The molecule has 2 aromatic rings. The number of carbonyl (C=O) groups excluding carboxylic acids is 1. The van der Waals surface area contributed by atoms with Crippen molar-refractivity contribution < 1.29 is 24.0 Å². The van der Waals surface area contributed by atoms with Gasteiger partial charge in [-0.05, 0) is 25.1 Å². The molecular weight excluding hydrogens is 392 g/mol. The normalized spacial score (nSPS) is 15.6. The highest BCUT2D eigenvalue weighted by atomic mass is 32.2. The summed E-state index contributed by atoms with van der Waals surface area (Å²) in [5.74, 6) is -0.0996. The Labute approximate surface area is 163 Å². The number of nitro benzene ring substituents is 1. The lowest BCUT2D eigenvalue weighted by molar-refractivity contribution is -0.385. The maximum atomic E-state index is 12.6. The average molecular weight is 406 g/mol. The van der Waals surface area contributed by atoms with Crippen molar-refractivity contribution in [3.8, 4) is 11.5 Å². The van der Waals surface area contributed by atoms with E-state index in [4.69, 9.17) is 21.4 Å². The standard InChI is InChI=1S/C17H14N2O6S2/c1-2-24-13-8-11(19(22)23)6-10(15(13)20)7-14-16(21)18(17(26)27-14)9-12-4-3-5-25-12/h3-8,20H,2,9H2,1H3. The third kappa shape index (κ3) is 3.96. The van der Waals surface area contributed by atoms with E-state index in [0.29, 0.717) is 10.1 Å². The first-order valence-corrected chi connectivity index (χ1v) is 9.05. The summed E-state index contributed by atoms with van der Waals surface area (Å²) in [4.78, 5) is 24.8. The molecule has 10 heteroatoms. The van der Waals surface area contributed by atoms with Gasteiger partial charge in [-0.15, -0.1) is 0 Å². The average Bonchev–Trinajstić information content (AvgIpc) is 3.22. The van der Waals surface area contributed by atoms with Gasteiger partial charge in [-0.25, -0.2) is 0 Å². The zero-order chi connectivity index (χ0) is 19.6. The smallest absolute Gasteiger partial charge is 0.274 e. The minimum Gasteiger partial charge on any atom is -0.504 e. The number of rotatable bonds is 6. The number of non-ortho nitro benzene ring substituents is 1. The molecule has 1 aromatic carbocycles. The van der Waals surface area contributed by atoms with E-state index < -0.39 is 4.92 Å². The first kappa shape index (κ1) is 18.9. The van der Waals surface area contributed by atoms with Crippen molar-refractivity contribution in [2.75, 3.05) is 6.61 Å². The SMILES string of the molecule is CCOc1cc([N+](=O)[O-])cc(C=C2SC(=S)N(Cc3ccco3)C2=O)c1O. The molecule has 0 bridgehead atoms. The zero-order valence-electron chi connectivity index (χ0n) is 14.1. The number of amides is 1. The van der Waals surface area contributed by atoms with Crippen LogP contribution in [0.25, 0.3) is 6.08 Å². The zero-order valence-corrected chi connectivity index (χ0v) is 15.7. The van der Waals surface area contributed by atoms with Gasteiger partial charge in [0.15, 0.2) is 11.5 Å². The molecule has 1 aliphatic heterocycles. The van der Waals surface area contributed by atoms with Gasteiger partial charge in [-0.1, -0.05) is 24.0 Å². The molecule has 1 fully saturated rings. The summed E-state index contributed by atoms with van der Waals surface area (Å²) in [5, 5.41) is 21.5. The maximum Gasteiger partial charge on any atom is 0.274 e. The third-order valence-electron chi connectivity index (χ3n) is 3.65. The van der Waals surface area contributed by atoms with Crippen LogP contribution in [0, 0.1) is 10.1 Å². The Morgan fingerprint density at radius 2 is 2.26 bits per heavy atom. The van der Waals surface area contributed by atoms with Crippen LogP contribution in [0.4, 0.5) is 5.69 Å². The van der Waals surface area contributed by atoms with Gasteiger partial charge in [0.25, 0.3) is 11.6 Å². The minimum absolute atomic E-state index is 0.0241. The number of hydrogen-bond acceptors (Lipinski definition) is 8. The summed E-state index contributed by atoms with van der Waals surface area (Å²) in [5.41, 5.74) is -0.153. The first-order chi connectivity index (χ1) is 12.9. The molecule has 8 nitrogen and oxygen atoms in total. The highest BCUT2D eigenvalue weighted by molar-refractivity contribution is 8.26.